The van der Waals surface area contributed by atoms with Crippen molar-refractivity contribution in [2.75, 3.05) is 13.7 Å². The van der Waals surface area contributed by atoms with E-state index in [4.69, 9.17) is 4.74 Å². The number of hydrogen-bond acceptors (Lipinski definition) is 3. The number of nitrogens with one attached hydrogen (secondary N) is 1. The summed E-state index contributed by atoms with van der Waals surface area (Å²) < 4.78 is 7.38. The molecule has 0 unspecified atom stereocenters. The molecule has 0 aliphatic heterocycles. The van der Waals surface area contributed by atoms with Crippen LogP contribution in [-0.2, 0) is 6.42 Å². The predicted octanol–water partition coefficient (Wildman–Crippen LogP) is 2.40. The Kier molecular flexibility index (Phi) is 4.57. The largest absolute Gasteiger partial charge is 0.493 e. The zero-order chi connectivity index (χ0) is 13.1. The second-order valence-corrected chi connectivity index (χ2v) is 5.62. The molecule has 0 amide bonds. The fourth-order valence-corrected chi connectivity index (χ4v) is 1.78. The van der Waals surface area contributed by atoms with Crippen molar-refractivity contribution in [1.29, 1.82) is 0 Å². The molecule has 0 atom stereocenters. The molecule has 4 nitrogen and oxygen atoms in total. The van der Waals surface area contributed by atoms with Gasteiger partial charge in [0.2, 0.25) is 0 Å². The van der Waals surface area contributed by atoms with Crippen LogP contribution in [0.15, 0.2) is 6.20 Å². The van der Waals surface area contributed by atoms with Crippen molar-refractivity contribution in [3.05, 3.63) is 11.9 Å². The van der Waals surface area contributed by atoms with Gasteiger partial charge in [0.25, 0.3) is 0 Å². The summed E-state index contributed by atoms with van der Waals surface area (Å²) in [6, 6.07) is 0.364. The highest BCUT2D eigenvalue weighted by molar-refractivity contribution is 5.25. The quantitative estimate of drug-likeness (QED) is 0.857. The van der Waals surface area contributed by atoms with Gasteiger partial charge in [0.15, 0.2) is 5.75 Å². The lowest BCUT2D eigenvalue weighted by atomic mass is 10.1. The average Bonchev–Trinajstić information content (AvgIpc) is 2.59. The van der Waals surface area contributed by atoms with Gasteiger partial charge in [-0.15, -0.1) is 0 Å². The number of methoxy groups -OCH3 is 1. The summed E-state index contributed by atoms with van der Waals surface area (Å²) in [4.78, 5) is 0. The highest BCUT2D eigenvalue weighted by atomic mass is 16.5. The third-order valence-corrected chi connectivity index (χ3v) is 2.59. The van der Waals surface area contributed by atoms with Crippen molar-refractivity contribution in [1.82, 2.24) is 15.1 Å². The molecule has 1 heterocycles. The van der Waals surface area contributed by atoms with Gasteiger partial charge in [-0.05, 0) is 34.6 Å². The van der Waals surface area contributed by atoms with E-state index in [0.29, 0.717) is 6.04 Å². The minimum absolute atomic E-state index is 0.149. The Bertz CT molecular complexity index is 350. The molecule has 1 aromatic heterocycles. The molecule has 0 spiro atoms. The summed E-state index contributed by atoms with van der Waals surface area (Å²) in [7, 11) is 1.70. The van der Waals surface area contributed by atoms with Crippen LogP contribution in [0.25, 0.3) is 0 Å². The predicted molar refractivity (Wildman–Crippen MR) is 70.6 cm³/mol. The SMILES string of the molecule is COc1cnn(C(C)C)c1CCNC(C)(C)C. The zero-order valence-electron chi connectivity index (χ0n) is 11.9. The van der Waals surface area contributed by atoms with Crippen LogP contribution in [-0.4, -0.2) is 29.0 Å². The minimum atomic E-state index is 0.149. The van der Waals surface area contributed by atoms with E-state index < -0.39 is 0 Å². The molecule has 0 saturated heterocycles. The highest BCUT2D eigenvalue weighted by Crippen LogP contribution is 2.21. The number of aromatic nitrogens is 2. The van der Waals surface area contributed by atoms with Crippen molar-refractivity contribution >= 4 is 0 Å². The van der Waals surface area contributed by atoms with Gasteiger partial charge in [-0.25, -0.2) is 0 Å². The molecule has 0 bridgehead atoms. The van der Waals surface area contributed by atoms with Crippen molar-refractivity contribution in [2.45, 2.75) is 52.6 Å². The number of nitrogens with zero attached hydrogens (tertiary/aromatic N) is 2. The smallest absolute Gasteiger partial charge is 0.159 e. The van der Waals surface area contributed by atoms with E-state index in [1.54, 1.807) is 13.3 Å². The molecule has 0 aromatic carbocycles. The molecule has 1 N–H and O–H groups in total. The number of rotatable bonds is 5. The van der Waals surface area contributed by atoms with E-state index in [1.807, 2.05) is 4.68 Å². The maximum Gasteiger partial charge on any atom is 0.159 e. The Morgan fingerprint density at radius 2 is 2.06 bits per heavy atom. The lowest BCUT2D eigenvalue weighted by Crippen LogP contribution is -2.37. The fourth-order valence-electron chi connectivity index (χ4n) is 1.78. The van der Waals surface area contributed by atoms with Crippen LogP contribution < -0.4 is 10.1 Å². The molecule has 0 aliphatic carbocycles. The first-order valence-corrected chi connectivity index (χ1v) is 6.20. The van der Waals surface area contributed by atoms with E-state index in [1.165, 1.54) is 5.69 Å². The molecule has 0 aliphatic rings. The Balaban J connectivity index is 2.71. The van der Waals surface area contributed by atoms with E-state index in [2.05, 4.69) is 45.0 Å². The highest BCUT2D eigenvalue weighted by Gasteiger charge is 2.15. The minimum Gasteiger partial charge on any atom is -0.493 e. The van der Waals surface area contributed by atoms with Gasteiger partial charge in [0.1, 0.15) is 0 Å². The van der Waals surface area contributed by atoms with Crippen molar-refractivity contribution in [3.8, 4) is 5.75 Å². The third-order valence-electron chi connectivity index (χ3n) is 2.59. The summed E-state index contributed by atoms with van der Waals surface area (Å²) in [5.74, 6) is 0.884. The van der Waals surface area contributed by atoms with Crippen molar-refractivity contribution in [3.63, 3.8) is 0 Å². The van der Waals surface area contributed by atoms with Gasteiger partial charge < -0.3 is 10.1 Å². The molecule has 1 aromatic rings. The molecule has 1 rings (SSSR count). The van der Waals surface area contributed by atoms with Crippen LogP contribution in [0.3, 0.4) is 0 Å². The van der Waals surface area contributed by atoms with Crippen LogP contribution in [0.1, 0.15) is 46.4 Å². The van der Waals surface area contributed by atoms with Gasteiger partial charge in [-0.2, -0.15) is 5.10 Å². The average molecular weight is 239 g/mol. The molecular formula is C13H25N3O. The molecular weight excluding hydrogens is 214 g/mol. The normalized spacial score (nSPS) is 12.2. The molecule has 0 radical (unpaired) electrons. The van der Waals surface area contributed by atoms with Crippen LogP contribution in [0.4, 0.5) is 0 Å². The van der Waals surface area contributed by atoms with Crippen molar-refractivity contribution in [2.24, 2.45) is 0 Å². The molecule has 17 heavy (non-hydrogen) atoms. The lowest BCUT2D eigenvalue weighted by Gasteiger charge is -2.21. The standard InChI is InChI=1S/C13H25N3O/c1-10(2)16-11(12(17-6)9-15-16)7-8-14-13(3,4)5/h9-10,14H,7-8H2,1-6H3. The second kappa shape index (κ2) is 5.54. The van der Waals surface area contributed by atoms with Gasteiger partial charge in [0, 0.05) is 24.5 Å². The number of ether oxygens (including phenoxy) is 1. The van der Waals surface area contributed by atoms with Gasteiger partial charge in [0.05, 0.1) is 19.0 Å². The molecule has 4 heteroatoms. The summed E-state index contributed by atoms with van der Waals surface area (Å²) in [5, 5.41) is 7.85. The van der Waals surface area contributed by atoms with E-state index in [9.17, 15) is 0 Å². The molecule has 0 saturated carbocycles. The van der Waals surface area contributed by atoms with Crippen LogP contribution in [0.2, 0.25) is 0 Å². The summed E-state index contributed by atoms with van der Waals surface area (Å²) in [5.41, 5.74) is 1.31. The van der Waals surface area contributed by atoms with E-state index in [-0.39, 0.29) is 5.54 Å². The van der Waals surface area contributed by atoms with Gasteiger partial charge >= 0.3 is 0 Å². The van der Waals surface area contributed by atoms with Gasteiger partial charge in [-0.1, -0.05) is 0 Å². The number of hydrogen-bond donors (Lipinski definition) is 1. The summed E-state index contributed by atoms with van der Waals surface area (Å²) in [6.07, 6.45) is 2.73. The maximum atomic E-state index is 5.35. The first-order valence-electron chi connectivity index (χ1n) is 6.20. The summed E-state index contributed by atoms with van der Waals surface area (Å²) >= 11 is 0. The van der Waals surface area contributed by atoms with Crippen molar-refractivity contribution < 1.29 is 4.74 Å². The Hall–Kier alpha value is -1.03. The Labute approximate surface area is 104 Å². The monoisotopic (exact) mass is 239 g/mol. The Morgan fingerprint density at radius 1 is 1.41 bits per heavy atom. The molecule has 98 valence electrons. The Morgan fingerprint density at radius 3 is 2.53 bits per heavy atom. The molecule has 0 fully saturated rings. The fraction of sp³-hybridized carbons (Fsp3) is 0.769. The summed E-state index contributed by atoms with van der Waals surface area (Å²) in [6.45, 7) is 11.7. The second-order valence-electron chi connectivity index (χ2n) is 5.62. The first kappa shape index (κ1) is 14.0. The van der Waals surface area contributed by atoms with Crippen LogP contribution in [0.5, 0.6) is 5.75 Å². The van der Waals surface area contributed by atoms with E-state index >= 15 is 0 Å². The maximum absolute atomic E-state index is 5.35. The zero-order valence-corrected chi connectivity index (χ0v) is 11.9. The third kappa shape index (κ3) is 4.04. The van der Waals surface area contributed by atoms with Crippen LogP contribution >= 0.6 is 0 Å². The lowest BCUT2D eigenvalue weighted by molar-refractivity contribution is 0.394. The van der Waals surface area contributed by atoms with Crippen LogP contribution in [0, 0.1) is 0 Å². The van der Waals surface area contributed by atoms with Gasteiger partial charge in [-0.3, -0.25) is 4.68 Å². The van der Waals surface area contributed by atoms with E-state index in [0.717, 1.165) is 18.7 Å². The topological polar surface area (TPSA) is 39.1 Å². The first-order chi connectivity index (χ1) is 7.85.